The minimum absolute atomic E-state index is 0.0772. The molecule has 0 aliphatic carbocycles. The maximum atomic E-state index is 12.2. The predicted octanol–water partition coefficient (Wildman–Crippen LogP) is 3.49. The van der Waals surface area contributed by atoms with E-state index in [1.807, 2.05) is 42.2 Å². The SMILES string of the molecule is CC=CC=CC(=O)N1CCCC1c1cccc(OC)c1. The third-order valence-corrected chi connectivity index (χ3v) is 3.56. The molecule has 1 heterocycles. The van der Waals surface area contributed by atoms with Gasteiger partial charge in [0.05, 0.1) is 13.2 Å². The van der Waals surface area contributed by atoms with Gasteiger partial charge in [-0.05, 0) is 37.5 Å². The number of likely N-dealkylation sites (tertiary alicyclic amines) is 1. The Bertz CT molecular complexity index is 519. The zero-order valence-electron chi connectivity index (χ0n) is 12.1. The number of amides is 1. The first-order valence-electron chi connectivity index (χ1n) is 7.00. The summed E-state index contributed by atoms with van der Waals surface area (Å²) < 4.78 is 5.26. The van der Waals surface area contributed by atoms with Gasteiger partial charge in [-0.15, -0.1) is 0 Å². The number of carbonyl (C=O) groups excluding carboxylic acids is 1. The lowest BCUT2D eigenvalue weighted by Gasteiger charge is -2.24. The van der Waals surface area contributed by atoms with Crippen LogP contribution in [-0.4, -0.2) is 24.5 Å². The number of carbonyl (C=O) groups is 1. The average molecular weight is 271 g/mol. The monoisotopic (exact) mass is 271 g/mol. The van der Waals surface area contributed by atoms with Crippen LogP contribution < -0.4 is 4.74 Å². The number of rotatable bonds is 4. The second-order valence-corrected chi connectivity index (χ2v) is 4.85. The second kappa shape index (κ2) is 6.94. The third-order valence-electron chi connectivity index (χ3n) is 3.56. The molecule has 3 nitrogen and oxygen atoms in total. The maximum absolute atomic E-state index is 12.2. The molecular formula is C17H21NO2. The number of benzene rings is 1. The maximum Gasteiger partial charge on any atom is 0.247 e. The number of hydrogen-bond donors (Lipinski definition) is 0. The highest BCUT2D eigenvalue weighted by atomic mass is 16.5. The minimum Gasteiger partial charge on any atom is -0.497 e. The normalized spacial score (nSPS) is 19.1. The molecule has 0 aromatic heterocycles. The molecule has 20 heavy (non-hydrogen) atoms. The first kappa shape index (κ1) is 14.4. The topological polar surface area (TPSA) is 29.5 Å². The first-order valence-corrected chi connectivity index (χ1v) is 7.00. The average Bonchev–Trinajstić information content (AvgIpc) is 2.97. The molecule has 1 atom stereocenters. The molecule has 0 spiro atoms. The van der Waals surface area contributed by atoms with E-state index in [4.69, 9.17) is 4.74 Å². The van der Waals surface area contributed by atoms with Crippen molar-refractivity contribution in [3.8, 4) is 5.75 Å². The molecule has 1 amide bonds. The highest BCUT2D eigenvalue weighted by Gasteiger charge is 2.28. The van der Waals surface area contributed by atoms with Gasteiger partial charge in [0.1, 0.15) is 5.75 Å². The molecule has 1 aliphatic rings. The highest BCUT2D eigenvalue weighted by Crippen LogP contribution is 2.33. The van der Waals surface area contributed by atoms with Gasteiger partial charge in [-0.25, -0.2) is 0 Å². The van der Waals surface area contributed by atoms with Gasteiger partial charge in [0.25, 0.3) is 0 Å². The van der Waals surface area contributed by atoms with E-state index in [1.54, 1.807) is 19.3 Å². The predicted molar refractivity (Wildman–Crippen MR) is 80.6 cm³/mol. The van der Waals surface area contributed by atoms with Gasteiger partial charge in [0.2, 0.25) is 5.91 Å². The van der Waals surface area contributed by atoms with Crippen molar-refractivity contribution in [3.05, 3.63) is 54.1 Å². The Hall–Kier alpha value is -2.03. The molecule has 0 radical (unpaired) electrons. The van der Waals surface area contributed by atoms with Crippen molar-refractivity contribution in [2.24, 2.45) is 0 Å². The molecule has 1 aliphatic heterocycles. The van der Waals surface area contributed by atoms with E-state index in [2.05, 4.69) is 6.07 Å². The van der Waals surface area contributed by atoms with Gasteiger partial charge in [0, 0.05) is 12.6 Å². The van der Waals surface area contributed by atoms with Gasteiger partial charge in [-0.1, -0.05) is 30.4 Å². The fraction of sp³-hybridized carbons (Fsp3) is 0.353. The van der Waals surface area contributed by atoms with Crippen molar-refractivity contribution in [1.29, 1.82) is 0 Å². The Morgan fingerprint density at radius 2 is 2.25 bits per heavy atom. The molecular weight excluding hydrogens is 250 g/mol. The van der Waals surface area contributed by atoms with Crippen LogP contribution in [0.4, 0.5) is 0 Å². The summed E-state index contributed by atoms with van der Waals surface area (Å²) in [5, 5.41) is 0. The lowest BCUT2D eigenvalue weighted by atomic mass is 10.0. The molecule has 106 valence electrons. The molecule has 3 heteroatoms. The zero-order valence-corrected chi connectivity index (χ0v) is 12.1. The van der Waals surface area contributed by atoms with E-state index in [0.29, 0.717) is 0 Å². The molecule has 1 saturated heterocycles. The summed E-state index contributed by atoms with van der Waals surface area (Å²) in [5.74, 6) is 0.916. The summed E-state index contributed by atoms with van der Waals surface area (Å²) in [5.41, 5.74) is 1.15. The summed E-state index contributed by atoms with van der Waals surface area (Å²) in [6.45, 7) is 2.75. The van der Waals surface area contributed by atoms with E-state index in [1.165, 1.54) is 0 Å². The molecule has 0 N–H and O–H groups in total. The molecule has 1 fully saturated rings. The van der Waals surface area contributed by atoms with Gasteiger partial charge >= 0.3 is 0 Å². The van der Waals surface area contributed by atoms with Crippen molar-refractivity contribution in [1.82, 2.24) is 4.90 Å². The van der Waals surface area contributed by atoms with Crippen LogP contribution in [0.5, 0.6) is 5.75 Å². The number of ether oxygens (including phenoxy) is 1. The van der Waals surface area contributed by atoms with Gasteiger partial charge in [-0.2, -0.15) is 0 Å². The zero-order chi connectivity index (χ0) is 14.4. The van der Waals surface area contributed by atoms with Gasteiger partial charge < -0.3 is 9.64 Å². The highest BCUT2D eigenvalue weighted by molar-refractivity contribution is 5.88. The van der Waals surface area contributed by atoms with Crippen LogP contribution in [-0.2, 0) is 4.79 Å². The van der Waals surface area contributed by atoms with Crippen molar-refractivity contribution < 1.29 is 9.53 Å². The fourth-order valence-corrected chi connectivity index (χ4v) is 2.57. The third kappa shape index (κ3) is 3.29. The van der Waals surface area contributed by atoms with E-state index < -0.39 is 0 Å². The Labute approximate surface area is 120 Å². The molecule has 0 saturated carbocycles. The first-order chi connectivity index (χ1) is 9.76. The van der Waals surface area contributed by atoms with Gasteiger partial charge in [-0.3, -0.25) is 4.79 Å². The van der Waals surface area contributed by atoms with E-state index in [9.17, 15) is 4.79 Å². The number of nitrogens with zero attached hydrogens (tertiary/aromatic N) is 1. The lowest BCUT2D eigenvalue weighted by molar-refractivity contribution is -0.126. The Kier molecular flexibility index (Phi) is 4.99. The fourth-order valence-electron chi connectivity index (χ4n) is 2.57. The minimum atomic E-state index is 0.0772. The summed E-state index contributed by atoms with van der Waals surface area (Å²) in [6.07, 6.45) is 9.27. The van der Waals surface area contributed by atoms with Crippen LogP contribution in [0.1, 0.15) is 31.4 Å². The number of methoxy groups -OCH3 is 1. The van der Waals surface area contributed by atoms with Crippen LogP contribution >= 0.6 is 0 Å². The van der Waals surface area contributed by atoms with Crippen LogP contribution in [0.3, 0.4) is 0 Å². The summed E-state index contributed by atoms with van der Waals surface area (Å²) in [6, 6.07) is 8.15. The second-order valence-electron chi connectivity index (χ2n) is 4.85. The van der Waals surface area contributed by atoms with Crippen LogP contribution in [0.25, 0.3) is 0 Å². The Morgan fingerprint density at radius 1 is 1.40 bits per heavy atom. The smallest absolute Gasteiger partial charge is 0.247 e. The van der Waals surface area contributed by atoms with Gasteiger partial charge in [0.15, 0.2) is 0 Å². The van der Waals surface area contributed by atoms with Crippen molar-refractivity contribution >= 4 is 5.91 Å². The van der Waals surface area contributed by atoms with Crippen LogP contribution in [0.15, 0.2) is 48.6 Å². The van der Waals surface area contributed by atoms with E-state index in [-0.39, 0.29) is 11.9 Å². The Balaban J connectivity index is 2.16. The summed E-state index contributed by atoms with van der Waals surface area (Å²) in [4.78, 5) is 14.2. The Morgan fingerprint density at radius 3 is 3.00 bits per heavy atom. The number of hydrogen-bond acceptors (Lipinski definition) is 2. The van der Waals surface area contributed by atoms with Crippen LogP contribution in [0, 0.1) is 0 Å². The number of allylic oxidation sites excluding steroid dienone is 3. The van der Waals surface area contributed by atoms with Crippen LogP contribution in [0.2, 0.25) is 0 Å². The molecule has 1 unspecified atom stereocenters. The quantitative estimate of drug-likeness (QED) is 0.619. The summed E-state index contributed by atoms with van der Waals surface area (Å²) >= 11 is 0. The van der Waals surface area contributed by atoms with E-state index >= 15 is 0 Å². The standard InChI is InChI=1S/C17H21NO2/c1-3-4-5-11-17(19)18-12-7-10-16(18)14-8-6-9-15(13-14)20-2/h3-6,8-9,11,13,16H,7,10,12H2,1-2H3. The molecule has 0 bridgehead atoms. The van der Waals surface area contributed by atoms with Crippen molar-refractivity contribution in [2.75, 3.05) is 13.7 Å². The van der Waals surface area contributed by atoms with Crippen molar-refractivity contribution in [3.63, 3.8) is 0 Å². The van der Waals surface area contributed by atoms with Crippen molar-refractivity contribution in [2.45, 2.75) is 25.8 Å². The molecule has 1 aromatic rings. The lowest BCUT2D eigenvalue weighted by Crippen LogP contribution is -2.28. The summed E-state index contributed by atoms with van der Waals surface area (Å²) in [7, 11) is 1.66. The molecule has 1 aromatic carbocycles. The largest absolute Gasteiger partial charge is 0.497 e. The molecule has 2 rings (SSSR count). The van der Waals surface area contributed by atoms with E-state index in [0.717, 1.165) is 30.7 Å².